The molecular formula is C35H44O2PSi+. The standard InChI is InChI=1S/C35H44O2PSi/c1-27(2)39(28(3)4,29(5)6)37-35-25-30(23-24-34(35)36-7)26-38(31-17-11-8-12-18-31,32-19-13-9-14-20-32)33-21-15-10-16-22-33/h8-25,27-29H,26H2,1-7H3/q+1. The van der Waals surface area contributed by atoms with Crippen LogP contribution in [0.4, 0.5) is 0 Å². The van der Waals surface area contributed by atoms with E-state index in [0.717, 1.165) is 17.7 Å². The summed E-state index contributed by atoms with van der Waals surface area (Å²) in [4.78, 5) is 0. The molecule has 0 amide bonds. The van der Waals surface area contributed by atoms with Gasteiger partial charge in [-0.2, -0.15) is 0 Å². The summed E-state index contributed by atoms with van der Waals surface area (Å²) in [6, 6.07) is 39.8. The predicted molar refractivity (Wildman–Crippen MR) is 174 cm³/mol. The van der Waals surface area contributed by atoms with Crippen molar-refractivity contribution in [2.75, 3.05) is 7.11 Å². The topological polar surface area (TPSA) is 18.5 Å². The molecule has 4 rings (SSSR count). The van der Waals surface area contributed by atoms with E-state index in [0.29, 0.717) is 16.6 Å². The van der Waals surface area contributed by atoms with Crippen molar-refractivity contribution >= 4 is 31.5 Å². The van der Waals surface area contributed by atoms with Crippen LogP contribution in [0.1, 0.15) is 47.1 Å². The van der Waals surface area contributed by atoms with E-state index in [1.807, 2.05) is 0 Å². The van der Waals surface area contributed by atoms with Crippen LogP contribution in [-0.2, 0) is 6.16 Å². The summed E-state index contributed by atoms with van der Waals surface area (Å²) in [5, 5.41) is 4.16. The predicted octanol–water partition coefficient (Wildman–Crippen LogP) is 8.74. The van der Waals surface area contributed by atoms with Crippen LogP contribution in [0.5, 0.6) is 11.5 Å². The minimum Gasteiger partial charge on any atom is -0.540 e. The van der Waals surface area contributed by atoms with E-state index < -0.39 is 15.6 Å². The first-order chi connectivity index (χ1) is 18.8. The summed E-state index contributed by atoms with van der Waals surface area (Å²) < 4.78 is 13.1. The molecule has 0 aromatic heterocycles. The highest BCUT2D eigenvalue weighted by molar-refractivity contribution is 7.95. The maximum atomic E-state index is 7.21. The van der Waals surface area contributed by atoms with Gasteiger partial charge < -0.3 is 9.16 Å². The van der Waals surface area contributed by atoms with Crippen LogP contribution >= 0.6 is 7.26 Å². The van der Waals surface area contributed by atoms with E-state index in [4.69, 9.17) is 9.16 Å². The van der Waals surface area contributed by atoms with E-state index in [9.17, 15) is 0 Å². The lowest BCUT2D eigenvalue weighted by molar-refractivity contribution is 0.382. The quantitative estimate of drug-likeness (QED) is 0.136. The van der Waals surface area contributed by atoms with Gasteiger partial charge in [0, 0.05) is 0 Å². The molecule has 39 heavy (non-hydrogen) atoms. The lowest BCUT2D eigenvalue weighted by atomic mass is 10.2. The van der Waals surface area contributed by atoms with E-state index >= 15 is 0 Å². The zero-order valence-electron chi connectivity index (χ0n) is 24.6. The molecule has 0 saturated heterocycles. The molecule has 0 radical (unpaired) electrons. The second-order valence-corrected chi connectivity index (χ2v) is 20.2. The largest absolute Gasteiger partial charge is 0.540 e. The molecule has 0 heterocycles. The molecule has 4 heteroatoms. The fourth-order valence-electron chi connectivity index (χ4n) is 6.49. The molecule has 0 aliphatic carbocycles. The van der Waals surface area contributed by atoms with Crippen molar-refractivity contribution in [2.24, 2.45) is 0 Å². The Bertz CT molecular complexity index is 1200. The molecule has 0 spiro atoms. The maximum absolute atomic E-state index is 7.21. The Hall–Kier alpha value is -2.87. The van der Waals surface area contributed by atoms with E-state index in [2.05, 4.69) is 151 Å². The smallest absolute Gasteiger partial charge is 0.258 e. The summed E-state index contributed by atoms with van der Waals surface area (Å²) in [6.45, 7) is 14.0. The van der Waals surface area contributed by atoms with Crippen molar-refractivity contribution < 1.29 is 9.16 Å². The normalized spacial score (nSPS) is 12.3. The maximum Gasteiger partial charge on any atom is 0.258 e. The summed E-state index contributed by atoms with van der Waals surface area (Å²) in [5.74, 6) is 1.71. The molecule has 4 aromatic rings. The molecule has 0 unspecified atom stereocenters. The lowest BCUT2D eigenvalue weighted by Gasteiger charge is -2.42. The molecule has 0 atom stereocenters. The van der Waals surface area contributed by atoms with Crippen LogP contribution in [0.2, 0.25) is 16.6 Å². The Morgan fingerprint density at radius 3 is 1.33 bits per heavy atom. The highest BCUT2D eigenvalue weighted by atomic mass is 31.2. The van der Waals surface area contributed by atoms with Crippen LogP contribution < -0.4 is 25.1 Å². The lowest BCUT2D eigenvalue weighted by Crippen LogP contribution is -2.50. The van der Waals surface area contributed by atoms with Gasteiger partial charge in [0.15, 0.2) is 5.75 Å². The van der Waals surface area contributed by atoms with Crippen molar-refractivity contribution in [3.05, 3.63) is 115 Å². The van der Waals surface area contributed by atoms with Crippen molar-refractivity contribution in [3.8, 4) is 11.5 Å². The Kier molecular flexibility index (Phi) is 9.36. The summed E-state index contributed by atoms with van der Waals surface area (Å²) in [6.07, 6.45) is 0.908. The van der Waals surface area contributed by atoms with Gasteiger partial charge in [0.1, 0.15) is 28.9 Å². The Morgan fingerprint density at radius 1 is 0.564 bits per heavy atom. The van der Waals surface area contributed by atoms with E-state index in [1.54, 1.807) is 7.11 Å². The third-order valence-electron chi connectivity index (χ3n) is 8.23. The second-order valence-electron chi connectivity index (χ2n) is 11.4. The first kappa shape index (κ1) is 29.1. The Labute approximate surface area is 237 Å². The monoisotopic (exact) mass is 555 g/mol. The SMILES string of the molecule is COc1ccc(C[P+](c2ccccc2)(c2ccccc2)c2ccccc2)cc1O[Si](C(C)C)(C(C)C)C(C)C. The molecule has 2 nitrogen and oxygen atoms in total. The van der Waals surface area contributed by atoms with Gasteiger partial charge in [-0.3, -0.25) is 0 Å². The summed E-state index contributed by atoms with van der Waals surface area (Å²) in [5.41, 5.74) is 2.72. The molecule has 4 aromatic carbocycles. The molecule has 0 aliphatic rings. The van der Waals surface area contributed by atoms with Gasteiger partial charge in [-0.25, -0.2) is 0 Å². The molecule has 0 saturated carbocycles. The van der Waals surface area contributed by atoms with Gasteiger partial charge in [0.2, 0.25) is 0 Å². The van der Waals surface area contributed by atoms with Crippen molar-refractivity contribution in [3.63, 3.8) is 0 Å². The minimum absolute atomic E-state index is 0.482. The van der Waals surface area contributed by atoms with Gasteiger partial charge in [0.25, 0.3) is 8.32 Å². The molecule has 0 N–H and O–H groups in total. The van der Waals surface area contributed by atoms with Crippen LogP contribution in [0, 0.1) is 0 Å². The van der Waals surface area contributed by atoms with Crippen LogP contribution in [-0.4, -0.2) is 15.4 Å². The average Bonchev–Trinajstić information content (AvgIpc) is 2.95. The number of hydrogen-bond donors (Lipinski definition) is 0. The zero-order valence-corrected chi connectivity index (χ0v) is 26.5. The number of rotatable bonds is 11. The number of benzene rings is 4. The fraction of sp³-hybridized carbons (Fsp3) is 0.314. The van der Waals surface area contributed by atoms with E-state index in [-0.39, 0.29) is 0 Å². The third-order valence-corrected chi connectivity index (χ3v) is 18.6. The van der Waals surface area contributed by atoms with Gasteiger partial charge >= 0.3 is 0 Å². The highest BCUT2D eigenvalue weighted by Crippen LogP contribution is 2.58. The zero-order chi connectivity index (χ0) is 28.0. The second kappa shape index (κ2) is 12.5. The van der Waals surface area contributed by atoms with Gasteiger partial charge in [-0.05, 0) is 70.7 Å². The summed E-state index contributed by atoms with van der Waals surface area (Å²) >= 11 is 0. The van der Waals surface area contributed by atoms with Crippen LogP contribution in [0.3, 0.4) is 0 Å². The minimum atomic E-state index is -2.16. The van der Waals surface area contributed by atoms with Gasteiger partial charge in [0.05, 0.1) is 13.3 Å². The third kappa shape index (κ3) is 5.72. The Balaban J connectivity index is 1.91. The summed E-state index contributed by atoms with van der Waals surface area (Å²) in [7, 11) is -2.42. The number of methoxy groups -OCH3 is 1. The van der Waals surface area contributed by atoms with Crippen LogP contribution in [0.15, 0.2) is 109 Å². The van der Waals surface area contributed by atoms with Crippen molar-refractivity contribution in [1.29, 1.82) is 0 Å². The van der Waals surface area contributed by atoms with Crippen molar-refractivity contribution in [1.82, 2.24) is 0 Å². The molecule has 204 valence electrons. The van der Waals surface area contributed by atoms with Crippen molar-refractivity contribution in [2.45, 2.75) is 64.3 Å². The number of hydrogen-bond acceptors (Lipinski definition) is 2. The fourth-order valence-corrected chi connectivity index (χ4v) is 16.0. The van der Waals surface area contributed by atoms with Crippen LogP contribution in [0.25, 0.3) is 0 Å². The van der Waals surface area contributed by atoms with Gasteiger partial charge in [-0.1, -0.05) is 102 Å². The molecular weight excluding hydrogens is 511 g/mol. The Morgan fingerprint density at radius 2 is 0.974 bits per heavy atom. The average molecular weight is 556 g/mol. The molecule has 0 fully saturated rings. The van der Waals surface area contributed by atoms with Gasteiger partial charge in [-0.15, -0.1) is 0 Å². The first-order valence-corrected chi connectivity index (χ1v) is 18.3. The van der Waals surface area contributed by atoms with E-state index in [1.165, 1.54) is 21.5 Å². The number of ether oxygens (including phenoxy) is 1. The highest BCUT2D eigenvalue weighted by Gasteiger charge is 2.48. The molecule has 0 bridgehead atoms. The first-order valence-electron chi connectivity index (χ1n) is 14.2. The molecule has 0 aliphatic heterocycles.